The molecule has 34 heavy (non-hydrogen) atoms. The Kier molecular flexibility index (Phi) is 10.6. The van der Waals surface area contributed by atoms with E-state index in [1.807, 2.05) is 20.8 Å². The van der Waals surface area contributed by atoms with E-state index in [-0.39, 0.29) is 10.7 Å². The molecule has 0 heterocycles. The summed E-state index contributed by atoms with van der Waals surface area (Å²) in [5, 5.41) is 11.1. The van der Waals surface area contributed by atoms with Crippen LogP contribution in [0.2, 0.25) is 5.02 Å². The maximum atomic E-state index is 13.0. The molecular formula is C24H30ClN3O6. The molecule has 0 fully saturated rings. The molecule has 184 valence electrons. The second kappa shape index (κ2) is 13.4. The SMILES string of the molecule is CCOc1cc(OCC)c(NC(=O)C(N=Nc2c(OCC)cccc2OCC)C(C)=O)cc1Cl. The van der Waals surface area contributed by atoms with Crippen molar-refractivity contribution in [3.63, 3.8) is 0 Å². The highest BCUT2D eigenvalue weighted by atomic mass is 35.5. The van der Waals surface area contributed by atoms with Gasteiger partial charge >= 0.3 is 0 Å². The lowest BCUT2D eigenvalue weighted by molar-refractivity contribution is -0.126. The van der Waals surface area contributed by atoms with Crippen LogP contribution in [-0.2, 0) is 9.59 Å². The van der Waals surface area contributed by atoms with E-state index in [1.54, 1.807) is 31.2 Å². The predicted octanol–water partition coefficient (Wildman–Crippen LogP) is 5.61. The van der Waals surface area contributed by atoms with E-state index in [0.717, 1.165) is 0 Å². The summed E-state index contributed by atoms with van der Waals surface area (Å²) >= 11 is 6.27. The van der Waals surface area contributed by atoms with Gasteiger partial charge in [-0.25, -0.2) is 0 Å². The number of carbonyl (C=O) groups is 2. The van der Waals surface area contributed by atoms with Crippen molar-refractivity contribution < 1.29 is 28.5 Å². The van der Waals surface area contributed by atoms with Crippen molar-refractivity contribution in [1.29, 1.82) is 0 Å². The van der Waals surface area contributed by atoms with Crippen LogP contribution >= 0.6 is 11.6 Å². The lowest BCUT2D eigenvalue weighted by Crippen LogP contribution is -2.32. The number of nitrogens with one attached hydrogen (secondary N) is 1. The molecule has 0 saturated heterocycles. The first-order valence-corrected chi connectivity index (χ1v) is 11.4. The third-order valence-electron chi connectivity index (χ3n) is 4.36. The van der Waals surface area contributed by atoms with Crippen molar-refractivity contribution in [2.75, 3.05) is 31.7 Å². The summed E-state index contributed by atoms with van der Waals surface area (Å²) in [5.74, 6) is 0.439. The Morgan fingerprint density at radius 3 is 1.94 bits per heavy atom. The Hall–Kier alpha value is -3.33. The Morgan fingerprint density at radius 1 is 0.882 bits per heavy atom. The topological polar surface area (TPSA) is 108 Å². The summed E-state index contributed by atoms with van der Waals surface area (Å²) in [5.41, 5.74) is 0.579. The van der Waals surface area contributed by atoms with Gasteiger partial charge in [-0.3, -0.25) is 9.59 Å². The number of benzene rings is 2. The molecule has 9 nitrogen and oxygen atoms in total. The molecule has 0 radical (unpaired) electrons. The van der Waals surface area contributed by atoms with Gasteiger partial charge in [0.05, 0.1) is 37.1 Å². The van der Waals surface area contributed by atoms with E-state index >= 15 is 0 Å². The monoisotopic (exact) mass is 491 g/mol. The Labute approximate surface area is 204 Å². The van der Waals surface area contributed by atoms with Gasteiger partial charge in [0.15, 0.2) is 23.0 Å². The summed E-state index contributed by atoms with van der Waals surface area (Å²) in [6.45, 7) is 10.1. The number of hydrogen-bond donors (Lipinski definition) is 1. The number of hydrogen-bond acceptors (Lipinski definition) is 8. The molecule has 1 N–H and O–H groups in total. The van der Waals surface area contributed by atoms with Gasteiger partial charge in [0, 0.05) is 6.07 Å². The molecule has 0 bridgehead atoms. The van der Waals surface area contributed by atoms with Crippen LogP contribution in [0.25, 0.3) is 0 Å². The second-order valence-electron chi connectivity index (χ2n) is 6.83. The minimum atomic E-state index is -1.41. The molecular weight excluding hydrogens is 462 g/mol. The lowest BCUT2D eigenvalue weighted by atomic mass is 10.2. The van der Waals surface area contributed by atoms with Crippen LogP contribution < -0.4 is 24.3 Å². The van der Waals surface area contributed by atoms with Gasteiger partial charge in [-0.05, 0) is 52.8 Å². The smallest absolute Gasteiger partial charge is 0.258 e. The van der Waals surface area contributed by atoms with Gasteiger partial charge in [0.1, 0.15) is 11.5 Å². The molecule has 0 aliphatic carbocycles. The first kappa shape index (κ1) is 26.9. The standard InChI is InChI=1S/C24H30ClN3O6/c1-6-31-18-11-10-12-19(32-7-2)23(18)28-27-22(15(5)29)24(30)26-17-13-16(25)20(33-8-3)14-21(17)34-9-4/h10-14,22H,6-9H2,1-5H3,(H,26,30). The quantitative estimate of drug-likeness (QED) is 0.288. The minimum absolute atomic E-state index is 0.284. The molecule has 10 heteroatoms. The highest BCUT2D eigenvalue weighted by Crippen LogP contribution is 2.39. The minimum Gasteiger partial charge on any atom is -0.492 e. The van der Waals surface area contributed by atoms with Crippen LogP contribution in [0.1, 0.15) is 34.6 Å². The summed E-state index contributed by atoms with van der Waals surface area (Å²) in [4.78, 5) is 25.3. The van der Waals surface area contributed by atoms with Gasteiger partial charge in [0.2, 0.25) is 6.04 Å². The van der Waals surface area contributed by atoms with Crippen molar-refractivity contribution in [2.45, 2.75) is 40.7 Å². The number of halogens is 1. The Balaban J connectivity index is 2.37. The number of amides is 1. The zero-order chi connectivity index (χ0) is 25.1. The number of ether oxygens (including phenoxy) is 4. The average Bonchev–Trinajstić information content (AvgIpc) is 2.79. The van der Waals surface area contributed by atoms with Gasteiger partial charge in [-0.2, -0.15) is 5.11 Å². The number of carbonyl (C=O) groups excluding carboxylic acids is 2. The first-order valence-electron chi connectivity index (χ1n) is 11.1. The summed E-state index contributed by atoms with van der Waals surface area (Å²) in [6, 6.07) is 6.85. The average molecular weight is 492 g/mol. The fourth-order valence-electron chi connectivity index (χ4n) is 2.95. The molecule has 1 atom stereocenters. The van der Waals surface area contributed by atoms with Crippen LogP contribution in [0.15, 0.2) is 40.6 Å². The molecule has 0 aromatic heterocycles. The molecule has 2 aromatic carbocycles. The second-order valence-corrected chi connectivity index (χ2v) is 7.24. The fourth-order valence-corrected chi connectivity index (χ4v) is 3.17. The molecule has 1 amide bonds. The number of azo groups is 1. The number of anilines is 1. The van der Waals surface area contributed by atoms with Gasteiger partial charge in [0.25, 0.3) is 5.91 Å². The van der Waals surface area contributed by atoms with Crippen molar-refractivity contribution in [3.05, 3.63) is 35.4 Å². The van der Waals surface area contributed by atoms with E-state index < -0.39 is 17.7 Å². The maximum absolute atomic E-state index is 13.0. The van der Waals surface area contributed by atoms with Crippen molar-refractivity contribution in [1.82, 2.24) is 0 Å². The largest absolute Gasteiger partial charge is 0.492 e. The molecule has 0 aliphatic heterocycles. The molecule has 0 spiro atoms. The van der Waals surface area contributed by atoms with Gasteiger partial charge < -0.3 is 24.3 Å². The normalized spacial score (nSPS) is 11.7. The number of rotatable bonds is 13. The van der Waals surface area contributed by atoms with Crippen LogP contribution in [0.5, 0.6) is 23.0 Å². The van der Waals surface area contributed by atoms with Crippen molar-refractivity contribution >= 4 is 34.7 Å². The lowest BCUT2D eigenvalue weighted by Gasteiger charge is -2.16. The molecule has 0 aliphatic rings. The fraction of sp³-hybridized carbons (Fsp3) is 0.417. The number of Topliss-reactive ketones (excluding diaryl/α,β-unsaturated/α-hetero) is 1. The number of ketones is 1. The van der Waals surface area contributed by atoms with Crippen LogP contribution in [-0.4, -0.2) is 44.2 Å². The predicted molar refractivity (Wildman–Crippen MR) is 130 cm³/mol. The summed E-state index contributed by atoms with van der Waals surface area (Å²) < 4.78 is 22.3. The molecule has 2 aromatic rings. The highest BCUT2D eigenvalue weighted by molar-refractivity contribution is 6.32. The first-order chi connectivity index (χ1) is 16.4. The zero-order valence-corrected chi connectivity index (χ0v) is 20.8. The third-order valence-corrected chi connectivity index (χ3v) is 4.66. The zero-order valence-electron chi connectivity index (χ0n) is 20.0. The van der Waals surface area contributed by atoms with E-state index in [4.69, 9.17) is 30.5 Å². The maximum Gasteiger partial charge on any atom is 0.258 e. The van der Waals surface area contributed by atoms with E-state index in [1.165, 1.54) is 13.0 Å². The van der Waals surface area contributed by atoms with E-state index in [2.05, 4.69) is 15.5 Å². The van der Waals surface area contributed by atoms with Crippen LogP contribution in [0.3, 0.4) is 0 Å². The highest BCUT2D eigenvalue weighted by Gasteiger charge is 2.25. The number of nitrogens with zero attached hydrogens (tertiary/aromatic N) is 2. The summed E-state index contributed by atoms with van der Waals surface area (Å²) in [7, 11) is 0. The molecule has 2 rings (SSSR count). The molecule has 1 unspecified atom stereocenters. The molecule has 0 saturated carbocycles. The Morgan fingerprint density at radius 2 is 1.41 bits per heavy atom. The van der Waals surface area contributed by atoms with Gasteiger partial charge in [-0.1, -0.05) is 17.7 Å². The van der Waals surface area contributed by atoms with E-state index in [0.29, 0.717) is 55.1 Å². The summed E-state index contributed by atoms with van der Waals surface area (Å²) in [6.07, 6.45) is 0. The third kappa shape index (κ3) is 7.08. The van der Waals surface area contributed by atoms with Crippen LogP contribution in [0.4, 0.5) is 11.4 Å². The van der Waals surface area contributed by atoms with Crippen molar-refractivity contribution in [2.24, 2.45) is 10.2 Å². The van der Waals surface area contributed by atoms with E-state index in [9.17, 15) is 9.59 Å². The van der Waals surface area contributed by atoms with Crippen LogP contribution in [0, 0.1) is 0 Å². The van der Waals surface area contributed by atoms with Crippen molar-refractivity contribution in [3.8, 4) is 23.0 Å². The van der Waals surface area contributed by atoms with Gasteiger partial charge in [-0.15, -0.1) is 5.11 Å². The Bertz CT molecular complexity index is 1000.